The Bertz CT molecular complexity index is 1240. The molecule has 2 aromatic carbocycles. The highest BCUT2D eigenvalue weighted by Gasteiger charge is 2.11. The van der Waals surface area contributed by atoms with Crippen LogP contribution in [0.15, 0.2) is 59.1 Å². The van der Waals surface area contributed by atoms with Crippen LogP contribution in [-0.4, -0.2) is 30.0 Å². The second-order valence-corrected chi connectivity index (χ2v) is 7.19. The van der Waals surface area contributed by atoms with Gasteiger partial charge in [0.15, 0.2) is 11.5 Å². The number of carbonyl (C=O) groups is 1. The van der Waals surface area contributed by atoms with Crippen LogP contribution in [0.5, 0.6) is 17.2 Å². The normalized spacial score (nSPS) is 10.8. The zero-order valence-corrected chi connectivity index (χ0v) is 17.8. The first-order valence-corrected chi connectivity index (χ1v) is 10.0. The van der Waals surface area contributed by atoms with Crippen LogP contribution in [0.2, 0.25) is 5.02 Å². The second-order valence-electron chi connectivity index (χ2n) is 6.75. The minimum atomic E-state index is -0.280. The van der Waals surface area contributed by atoms with Gasteiger partial charge >= 0.3 is 0 Å². The van der Waals surface area contributed by atoms with Gasteiger partial charge in [0, 0.05) is 36.8 Å². The van der Waals surface area contributed by atoms with Gasteiger partial charge in [-0.2, -0.15) is 0 Å². The molecule has 1 amide bonds. The number of aryl methyl sites for hydroxylation is 2. The Morgan fingerprint density at radius 1 is 1.10 bits per heavy atom. The third-order valence-electron chi connectivity index (χ3n) is 4.68. The lowest BCUT2D eigenvalue weighted by atomic mass is 10.1. The molecule has 8 heteroatoms. The number of hydrogen-bond acceptors (Lipinski definition) is 6. The fourth-order valence-electron chi connectivity index (χ4n) is 3.17. The predicted octanol–water partition coefficient (Wildman–Crippen LogP) is 4.82. The fourth-order valence-corrected chi connectivity index (χ4v) is 3.36. The summed E-state index contributed by atoms with van der Waals surface area (Å²) in [6, 6.07) is 14.2. The SMILES string of the molecule is CNC(=O)c1cc(Oc2ccc3nc(CCc4cc(Cl)ccc4OC)oc3c2)ccn1. The first-order chi connectivity index (χ1) is 15.1. The number of rotatable bonds is 7. The van der Waals surface area contributed by atoms with Crippen LogP contribution in [0.3, 0.4) is 0 Å². The lowest BCUT2D eigenvalue weighted by Crippen LogP contribution is -2.18. The summed E-state index contributed by atoms with van der Waals surface area (Å²) in [6.45, 7) is 0. The van der Waals surface area contributed by atoms with Crippen LogP contribution in [-0.2, 0) is 12.8 Å². The number of nitrogens with zero attached hydrogens (tertiary/aromatic N) is 2. The molecule has 158 valence electrons. The summed E-state index contributed by atoms with van der Waals surface area (Å²) in [6.07, 6.45) is 2.80. The van der Waals surface area contributed by atoms with Crippen molar-refractivity contribution in [3.05, 3.63) is 76.9 Å². The molecule has 0 aliphatic rings. The first kappa shape index (κ1) is 20.7. The molecule has 2 aromatic heterocycles. The number of hydrogen-bond donors (Lipinski definition) is 1. The molecule has 1 N–H and O–H groups in total. The number of ether oxygens (including phenoxy) is 2. The standard InChI is InChI=1S/C23H20ClN3O4/c1-25-23(28)19-12-17(9-10-26-19)30-16-5-6-18-21(13-16)31-22(27-18)8-3-14-11-15(24)4-7-20(14)29-2/h4-7,9-13H,3,8H2,1-2H3,(H,25,28). The van der Waals surface area contributed by atoms with E-state index in [1.807, 2.05) is 18.2 Å². The molecule has 0 atom stereocenters. The highest BCUT2D eigenvalue weighted by molar-refractivity contribution is 6.30. The zero-order valence-electron chi connectivity index (χ0n) is 17.0. The van der Waals surface area contributed by atoms with E-state index in [1.54, 1.807) is 44.5 Å². The fraction of sp³-hybridized carbons (Fsp3) is 0.174. The van der Waals surface area contributed by atoms with E-state index in [4.69, 9.17) is 25.5 Å². The molecule has 4 aromatic rings. The molecule has 2 heterocycles. The van der Waals surface area contributed by atoms with Gasteiger partial charge in [0.25, 0.3) is 5.91 Å². The van der Waals surface area contributed by atoms with Gasteiger partial charge in [-0.1, -0.05) is 11.6 Å². The number of carbonyl (C=O) groups excluding carboxylic acids is 1. The number of oxazole rings is 1. The molecule has 0 unspecified atom stereocenters. The monoisotopic (exact) mass is 437 g/mol. The highest BCUT2D eigenvalue weighted by Crippen LogP contribution is 2.28. The summed E-state index contributed by atoms with van der Waals surface area (Å²) in [7, 11) is 3.18. The Labute approximate surface area is 184 Å². The molecule has 0 bridgehead atoms. The van der Waals surface area contributed by atoms with E-state index in [-0.39, 0.29) is 11.6 Å². The maximum atomic E-state index is 11.8. The van der Waals surface area contributed by atoms with E-state index in [0.29, 0.717) is 40.8 Å². The molecule has 0 saturated carbocycles. The van der Waals surface area contributed by atoms with Crippen molar-refractivity contribution in [1.29, 1.82) is 0 Å². The molecule has 0 radical (unpaired) electrons. The van der Waals surface area contributed by atoms with Crippen molar-refractivity contribution < 1.29 is 18.7 Å². The maximum Gasteiger partial charge on any atom is 0.269 e. The number of methoxy groups -OCH3 is 1. The topological polar surface area (TPSA) is 86.5 Å². The molecule has 4 rings (SSSR count). The maximum absolute atomic E-state index is 11.8. The lowest BCUT2D eigenvalue weighted by molar-refractivity contribution is 0.0958. The average molecular weight is 438 g/mol. The van der Waals surface area contributed by atoms with Crippen LogP contribution in [0.4, 0.5) is 0 Å². The smallest absolute Gasteiger partial charge is 0.269 e. The number of halogens is 1. The Hall–Kier alpha value is -3.58. The van der Waals surface area contributed by atoms with Gasteiger partial charge in [-0.25, -0.2) is 4.98 Å². The number of amides is 1. The molecule has 7 nitrogen and oxygen atoms in total. The van der Waals surface area contributed by atoms with Gasteiger partial charge in [0.05, 0.1) is 7.11 Å². The van der Waals surface area contributed by atoms with Crippen molar-refractivity contribution in [2.24, 2.45) is 0 Å². The van der Waals surface area contributed by atoms with Crippen LogP contribution in [0.1, 0.15) is 21.9 Å². The molecule has 0 aliphatic carbocycles. The zero-order chi connectivity index (χ0) is 21.8. The second kappa shape index (κ2) is 9.06. The Morgan fingerprint density at radius 3 is 2.74 bits per heavy atom. The predicted molar refractivity (Wildman–Crippen MR) is 117 cm³/mol. The molecule has 0 fully saturated rings. The van der Waals surface area contributed by atoms with Crippen molar-refractivity contribution >= 4 is 28.6 Å². The Morgan fingerprint density at radius 2 is 1.94 bits per heavy atom. The van der Waals surface area contributed by atoms with Crippen LogP contribution >= 0.6 is 11.6 Å². The summed E-state index contributed by atoms with van der Waals surface area (Å²) in [5, 5.41) is 3.20. The quantitative estimate of drug-likeness (QED) is 0.446. The van der Waals surface area contributed by atoms with Gasteiger partial charge in [-0.15, -0.1) is 0 Å². The van der Waals surface area contributed by atoms with E-state index >= 15 is 0 Å². The average Bonchev–Trinajstić information content (AvgIpc) is 3.19. The van der Waals surface area contributed by atoms with E-state index in [9.17, 15) is 4.79 Å². The minimum absolute atomic E-state index is 0.277. The molecule has 0 saturated heterocycles. The number of aromatic nitrogens is 2. The summed E-state index contributed by atoms with van der Waals surface area (Å²) in [5.74, 6) is 2.18. The van der Waals surface area contributed by atoms with Gasteiger partial charge in [-0.05, 0) is 48.4 Å². The number of benzene rings is 2. The van der Waals surface area contributed by atoms with Gasteiger partial charge < -0.3 is 19.2 Å². The van der Waals surface area contributed by atoms with Crippen molar-refractivity contribution in [3.8, 4) is 17.2 Å². The van der Waals surface area contributed by atoms with Crippen molar-refractivity contribution in [2.75, 3.05) is 14.2 Å². The Balaban J connectivity index is 1.50. The summed E-state index contributed by atoms with van der Waals surface area (Å²) < 4.78 is 17.2. The first-order valence-electron chi connectivity index (χ1n) is 9.63. The van der Waals surface area contributed by atoms with Crippen molar-refractivity contribution in [2.45, 2.75) is 12.8 Å². The molecule has 0 spiro atoms. The molecule has 0 aliphatic heterocycles. The van der Waals surface area contributed by atoms with Crippen molar-refractivity contribution in [1.82, 2.24) is 15.3 Å². The highest BCUT2D eigenvalue weighted by atomic mass is 35.5. The van der Waals surface area contributed by atoms with E-state index in [2.05, 4.69) is 15.3 Å². The number of nitrogens with one attached hydrogen (secondary N) is 1. The Kier molecular flexibility index (Phi) is 6.04. The number of fused-ring (bicyclic) bond motifs is 1. The van der Waals surface area contributed by atoms with Crippen LogP contribution in [0, 0.1) is 0 Å². The third kappa shape index (κ3) is 4.78. The van der Waals surface area contributed by atoms with E-state index in [0.717, 1.165) is 16.8 Å². The van der Waals surface area contributed by atoms with Gasteiger partial charge in [0.2, 0.25) is 0 Å². The largest absolute Gasteiger partial charge is 0.496 e. The van der Waals surface area contributed by atoms with Crippen molar-refractivity contribution in [3.63, 3.8) is 0 Å². The molecule has 31 heavy (non-hydrogen) atoms. The van der Waals surface area contributed by atoms with E-state index in [1.165, 1.54) is 6.20 Å². The van der Waals surface area contributed by atoms with Crippen LogP contribution in [0.25, 0.3) is 11.1 Å². The van der Waals surface area contributed by atoms with E-state index < -0.39 is 0 Å². The van der Waals surface area contributed by atoms with Gasteiger partial charge in [0.1, 0.15) is 28.5 Å². The number of pyridine rings is 1. The van der Waals surface area contributed by atoms with Gasteiger partial charge in [-0.3, -0.25) is 9.78 Å². The third-order valence-corrected chi connectivity index (χ3v) is 4.92. The summed E-state index contributed by atoms with van der Waals surface area (Å²) in [4.78, 5) is 20.3. The summed E-state index contributed by atoms with van der Waals surface area (Å²) in [5.41, 5.74) is 2.62. The summed E-state index contributed by atoms with van der Waals surface area (Å²) >= 11 is 6.10. The lowest BCUT2D eigenvalue weighted by Gasteiger charge is -2.07. The van der Waals surface area contributed by atoms with Crippen LogP contribution < -0.4 is 14.8 Å². The molecular weight excluding hydrogens is 418 g/mol. The minimum Gasteiger partial charge on any atom is -0.496 e. The molecular formula is C23H20ClN3O4.